The molecule has 0 aliphatic heterocycles. The second kappa shape index (κ2) is 5.05. The van der Waals surface area contributed by atoms with E-state index in [-0.39, 0.29) is 5.91 Å². The number of hydrogen-bond acceptors (Lipinski definition) is 2. The van der Waals surface area contributed by atoms with Crippen molar-refractivity contribution in [3.63, 3.8) is 0 Å². The van der Waals surface area contributed by atoms with E-state index in [0.717, 1.165) is 28.2 Å². The molecule has 0 bridgehead atoms. The van der Waals surface area contributed by atoms with Gasteiger partial charge in [-0.3, -0.25) is 9.20 Å². The molecular formula is C17H17N3O. The Morgan fingerprint density at radius 3 is 2.71 bits per heavy atom. The molecule has 4 heteroatoms. The average Bonchev–Trinajstić information content (AvgIpc) is 2.76. The molecule has 21 heavy (non-hydrogen) atoms. The molecule has 1 aromatic carbocycles. The Kier molecular flexibility index (Phi) is 3.22. The summed E-state index contributed by atoms with van der Waals surface area (Å²) in [5, 5.41) is 2.94. The van der Waals surface area contributed by atoms with E-state index in [1.54, 1.807) is 0 Å². The van der Waals surface area contributed by atoms with Crippen LogP contribution in [0, 0.1) is 20.8 Å². The quantitative estimate of drug-likeness (QED) is 0.780. The average molecular weight is 279 g/mol. The van der Waals surface area contributed by atoms with Gasteiger partial charge in [-0.05, 0) is 50.1 Å². The minimum Gasteiger partial charge on any atom is -0.321 e. The maximum Gasteiger partial charge on any atom is 0.274 e. The highest BCUT2D eigenvalue weighted by molar-refractivity contribution is 6.04. The van der Waals surface area contributed by atoms with E-state index >= 15 is 0 Å². The number of benzene rings is 1. The van der Waals surface area contributed by atoms with Gasteiger partial charge in [0.05, 0.1) is 5.69 Å². The monoisotopic (exact) mass is 279 g/mol. The Bertz CT molecular complexity index is 833. The second-order valence-corrected chi connectivity index (χ2v) is 5.25. The van der Waals surface area contributed by atoms with Crippen molar-refractivity contribution in [2.45, 2.75) is 20.8 Å². The van der Waals surface area contributed by atoms with Gasteiger partial charge < -0.3 is 5.32 Å². The van der Waals surface area contributed by atoms with Crippen LogP contribution in [0.4, 0.5) is 5.69 Å². The fourth-order valence-electron chi connectivity index (χ4n) is 2.50. The molecule has 0 spiro atoms. The first-order valence-corrected chi connectivity index (χ1v) is 6.88. The van der Waals surface area contributed by atoms with Crippen molar-refractivity contribution in [3.05, 3.63) is 65.1 Å². The van der Waals surface area contributed by atoms with Crippen LogP contribution >= 0.6 is 0 Å². The summed E-state index contributed by atoms with van der Waals surface area (Å²) < 4.78 is 1.84. The van der Waals surface area contributed by atoms with Crippen LogP contribution in [0.2, 0.25) is 0 Å². The number of hydrogen-bond donors (Lipinski definition) is 1. The van der Waals surface area contributed by atoms with Gasteiger partial charge in [-0.1, -0.05) is 18.2 Å². The minimum atomic E-state index is -0.142. The number of nitrogens with one attached hydrogen (secondary N) is 1. The van der Waals surface area contributed by atoms with Crippen molar-refractivity contribution in [1.29, 1.82) is 0 Å². The number of pyridine rings is 1. The van der Waals surface area contributed by atoms with Gasteiger partial charge in [0.1, 0.15) is 11.3 Å². The smallest absolute Gasteiger partial charge is 0.274 e. The molecule has 1 amide bonds. The van der Waals surface area contributed by atoms with Crippen molar-refractivity contribution in [2.75, 3.05) is 5.32 Å². The molecule has 0 unspecified atom stereocenters. The Hall–Kier alpha value is -2.62. The largest absolute Gasteiger partial charge is 0.321 e. The van der Waals surface area contributed by atoms with Gasteiger partial charge >= 0.3 is 0 Å². The van der Waals surface area contributed by atoms with Crippen LogP contribution < -0.4 is 5.32 Å². The molecule has 0 aliphatic rings. The number of aromatic nitrogens is 2. The van der Waals surface area contributed by atoms with Crippen LogP contribution in [0.5, 0.6) is 0 Å². The van der Waals surface area contributed by atoms with E-state index in [9.17, 15) is 4.79 Å². The van der Waals surface area contributed by atoms with Gasteiger partial charge in [0.25, 0.3) is 5.91 Å². The van der Waals surface area contributed by atoms with Crippen LogP contribution in [0.1, 0.15) is 27.3 Å². The lowest BCUT2D eigenvalue weighted by molar-refractivity contribution is 0.102. The third-order valence-electron chi connectivity index (χ3n) is 3.51. The molecule has 106 valence electrons. The fourth-order valence-corrected chi connectivity index (χ4v) is 2.50. The number of rotatable bonds is 2. The van der Waals surface area contributed by atoms with Crippen molar-refractivity contribution >= 4 is 17.2 Å². The van der Waals surface area contributed by atoms with Crippen LogP contribution in [0.3, 0.4) is 0 Å². The molecule has 0 fully saturated rings. The molecule has 3 rings (SSSR count). The van der Waals surface area contributed by atoms with Crippen LogP contribution in [0.25, 0.3) is 5.65 Å². The van der Waals surface area contributed by atoms with Crippen LogP contribution in [-0.2, 0) is 0 Å². The highest BCUT2D eigenvalue weighted by atomic mass is 16.2. The van der Waals surface area contributed by atoms with Crippen molar-refractivity contribution in [3.8, 4) is 0 Å². The topological polar surface area (TPSA) is 46.4 Å². The molecule has 3 aromatic rings. The minimum absolute atomic E-state index is 0.142. The van der Waals surface area contributed by atoms with E-state index in [0.29, 0.717) is 5.69 Å². The fraction of sp³-hybridized carbons (Fsp3) is 0.176. The molecule has 0 radical (unpaired) electrons. The predicted octanol–water partition coefficient (Wildman–Crippen LogP) is 3.51. The van der Waals surface area contributed by atoms with Gasteiger partial charge in [0, 0.05) is 11.9 Å². The number of imidazole rings is 1. The maximum atomic E-state index is 12.6. The Balaban J connectivity index is 2.02. The lowest BCUT2D eigenvalue weighted by Gasteiger charge is -2.07. The lowest BCUT2D eigenvalue weighted by atomic mass is 10.2. The van der Waals surface area contributed by atoms with Gasteiger partial charge in [0.15, 0.2) is 0 Å². The molecule has 0 atom stereocenters. The molecule has 2 aromatic heterocycles. The first-order valence-electron chi connectivity index (χ1n) is 6.88. The standard InChI is InChI=1S/C17H17N3O/c1-11-6-4-8-14(10-11)19-17(21)15-13(3)18-16-12(2)7-5-9-20(15)16/h4-10H,1-3H3,(H,19,21). The van der Waals surface area contributed by atoms with Crippen LogP contribution in [0.15, 0.2) is 42.6 Å². The van der Waals surface area contributed by atoms with E-state index < -0.39 is 0 Å². The van der Waals surface area contributed by atoms with Crippen LogP contribution in [-0.4, -0.2) is 15.3 Å². The van der Waals surface area contributed by atoms with Gasteiger partial charge in [-0.15, -0.1) is 0 Å². The molecular weight excluding hydrogens is 262 g/mol. The normalized spacial score (nSPS) is 10.8. The summed E-state index contributed by atoms with van der Waals surface area (Å²) in [5.41, 5.74) is 5.09. The Morgan fingerprint density at radius 2 is 1.95 bits per heavy atom. The number of amides is 1. The molecule has 2 heterocycles. The van der Waals surface area contributed by atoms with Crippen molar-refractivity contribution in [2.24, 2.45) is 0 Å². The number of fused-ring (bicyclic) bond motifs is 1. The SMILES string of the molecule is Cc1cccc(NC(=O)c2c(C)nc3c(C)cccn23)c1. The molecule has 1 N–H and O–H groups in total. The summed E-state index contributed by atoms with van der Waals surface area (Å²) in [6.45, 7) is 5.85. The van der Waals surface area contributed by atoms with Gasteiger partial charge in [0.2, 0.25) is 0 Å². The third kappa shape index (κ3) is 2.40. The zero-order valence-corrected chi connectivity index (χ0v) is 12.3. The summed E-state index contributed by atoms with van der Waals surface area (Å²) in [6.07, 6.45) is 1.87. The highest BCUT2D eigenvalue weighted by Crippen LogP contribution is 2.17. The molecule has 0 aliphatic carbocycles. The highest BCUT2D eigenvalue weighted by Gasteiger charge is 2.17. The number of anilines is 1. The number of nitrogens with zero attached hydrogens (tertiary/aromatic N) is 2. The summed E-state index contributed by atoms with van der Waals surface area (Å²) in [6, 6.07) is 11.7. The molecule has 0 saturated heterocycles. The zero-order chi connectivity index (χ0) is 15.0. The number of aryl methyl sites for hydroxylation is 3. The molecule has 4 nitrogen and oxygen atoms in total. The summed E-state index contributed by atoms with van der Waals surface area (Å²) in [7, 11) is 0. The molecule has 0 saturated carbocycles. The lowest BCUT2D eigenvalue weighted by Crippen LogP contribution is -2.15. The number of carbonyl (C=O) groups excluding carboxylic acids is 1. The maximum absolute atomic E-state index is 12.6. The van der Waals surface area contributed by atoms with Gasteiger partial charge in [-0.2, -0.15) is 0 Å². The van der Waals surface area contributed by atoms with Crippen molar-refractivity contribution < 1.29 is 4.79 Å². The van der Waals surface area contributed by atoms with E-state index in [1.807, 2.05) is 67.8 Å². The van der Waals surface area contributed by atoms with E-state index in [2.05, 4.69) is 10.3 Å². The van der Waals surface area contributed by atoms with E-state index in [4.69, 9.17) is 0 Å². The summed E-state index contributed by atoms with van der Waals surface area (Å²) in [5.74, 6) is -0.142. The first-order chi connectivity index (χ1) is 10.1. The first kappa shape index (κ1) is 13.4. The Morgan fingerprint density at radius 1 is 1.14 bits per heavy atom. The van der Waals surface area contributed by atoms with Crippen molar-refractivity contribution in [1.82, 2.24) is 9.38 Å². The predicted molar refractivity (Wildman–Crippen MR) is 83.8 cm³/mol. The Labute approximate surface area is 123 Å². The van der Waals surface area contributed by atoms with E-state index in [1.165, 1.54) is 0 Å². The summed E-state index contributed by atoms with van der Waals surface area (Å²) >= 11 is 0. The second-order valence-electron chi connectivity index (χ2n) is 5.25. The third-order valence-corrected chi connectivity index (χ3v) is 3.51. The zero-order valence-electron chi connectivity index (χ0n) is 12.3. The summed E-state index contributed by atoms with van der Waals surface area (Å²) in [4.78, 5) is 17.1. The van der Waals surface area contributed by atoms with Gasteiger partial charge in [-0.25, -0.2) is 4.98 Å². The number of carbonyl (C=O) groups is 1.